The van der Waals surface area contributed by atoms with Crippen LogP contribution in [0.1, 0.15) is 47.8 Å². The first kappa shape index (κ1) is 35.2. The van der Waals surface area contributed by atoms with E-state index in [-0.39, 0.29) is 53.5 Å². The number of hydrogen-bond acceptors (Lipinski definition) is 14. The molecule has 15 nitrogen and oxygen atoms in total. The number of carbonyl (C=O) groups excluding carboxylic acids is 1. The minimum Gasteiger partial charge on any atom is -0.575 e. The number of aliphatic hydroxyl groups excluding tert-OH is 1. The van der Waals surface area contributed by atoms with Gasteiger partial charge in [-0.05, 0) is 29.7 Å². The topological polar surface area (TPSA) is 209 Å². The highest BCUT2D eigenvalue weighted by Gasteiger charge is 2.54. The van der Waals surface area contributed by atoms with E-state index in [4.69, 9.17) is 29.2 Å². The standard InChI is InChI=1S/C32H41N6O9P/c1-17(2)22(28(40)45-15-31(3,4)5)37-48(42)47-24-19-11-9-8-10-18(19)12-13-20(24)44-14-21-25(39)32(6,41)29(46-21)38-16-34-23-26(38)35-30(33)36-27(23)43-7/h8-13,16-17,21-22,25,29,39,41H,14-15H2,1-7H3,(H2,33,35,36)/t21-,22+,25-,29?,32-/m1/s1. The van der Waals surface area contributed by atoms with E-state index in [2.05, 4.69) is 19.7 Å². The second-order valence-corrected chi connectivity index (χ2v) is 14.2. The highest BCUT2D eigenvalue weighted by molar-refractivity contribution is 7.34. The molecule has 6 atom stereocenters. The molecule has 16 heteroatoms. The van der Waals surface area contributed by atoms with E-state index in [0.29, 0.717) is 10.9 Å². The van der Waals surface area contributed by atoms with Gasteiger partial charge in [0.1, 0.15) is 24.4 Å². The van der Waals surface area contributed by atoms with Gasteiger partial charge in [0.15, 0.2) is 29.2 Å². The molecule has 2 aromatic carbocycles. The molecule has 0 aliphatic carbocycles. The molecule has 48 heavy (non-hydrogen) atoms. The molecule has 0 saturated carbocycles. The van der Waals surface area contributed by atoms with Crippen molar-refractivity contribution in [3.05, 3.63) is 42.7 Å². The Morgan fingerprint density at radius 2 is 1.96 bits per heavy atom. The van der Waals surface area contributed by atoms with Crippen LogP contribution in [0.2, 0.25) is 0 Å². The van der Waals surface area contributed by atoms with E-state index in [1.165, 1.54) is 24.9 Å². The Bertz CT molecular complexity index is 1820. The van der Waals surface area contributed by atoms with Gasteiger partial charge in [0, 0.05) is 5.39 Å². The van der Waals surface area contributed by atoms with Crippen molar-refractivity contribution in [1.82, 2.24) is 19.5 Å². The molecule has 2 aromatic heterocycles. The highest BCUT2D eigenvalue weighted by atomic mass is 31.1. The number of hydrogen-bond donors (Lipinski definition) is 3. The molecule has 258 valence electrons. The van der Waals surface area contributed by atoms with Crippen molar-refractivity contribution in [2.45, 2.75) is 71.6 Å². The Kier molecular flexibility index (Phi) is 10.1. The molecule has 1 saturated heterocycles. The van der Waals surface area contributed by atoms with Crippen LogP contribution in [-0.2, 0) is 14.3 Å². The third-order valence-corrected chi connectivity index (χ3v) is 8.54. The van der Waals surface area contributed by atoms with Gasteiger partial charge in [-0.1, -0.05) is 69.7 Å². The van der Waals surface area contributed by atoms with Gasteiger partial charge in [0.25, 0.3) is 0 Å². The lowest BCUT2D eigenvalue weighted by Crippen LogP contribution is -2.44. The van der Waals surface area contributed by atoms with E-state index in [1.54, 1.807) is 38.1 Å². The maximum absolute atomic E-state index is 13.3. The molecule has 0 bridgehead atoms. The number of benzene rings is 2. The van der Waals surface area contributed by atoms with Crippen molar-refractivity contribution in [1.29, 1.82) is 0 Å². The summed E-state index contributed by atoms with van der Waals surface area (Å²) in [5.41, 5.74) is 4.32. The van der Waals surface area contributed by atoms with Crippen LogP contribution in [0.15, 0.2) is 47.5 Å². The number of methoxy groups -OCH3 is 1. The van der Waals surface area contributed by atoms with Crippen molar-refractivity contribution in [3.63, 3.8) is 0 Å². The van der Waals surface area contributed by atoms with Crippen LogP contribution in [0.25, 0.3) is 21.9 Å². The van der Waals surface area contributed by atoms with Gasteiger partial charge in [-0.15, -0.1) is 0 Å². The molecule has 0 amide bonds. The molecular formula is C32H41N6O9P. The van der Waals surface area contributed by atoms with Gasteiger partial charge in [0.05, 0.1) is 20.0 Å². The summed E-state index contributed by atoms with van der Waals surface area (Å²) in [5.74, 6) is -0.519. The van der Waals surface area contributed by atoms with Crippen molar-refractivity contribution >= 4 is 42.0 Å². The highest BCUT2D eigenvalue weighted by Crippen LogP contribution is 2.43. The van der Waals surface area contributed by atoms with Crippen LogP contribution >= 0.6 is 8.17 Å². The van der Waals surface area contributed by atoms with Crippen molar-refractivity contribution in [2.24, 2.45) is 16.1 Å². The summed E-state index contributed by atoms with van der Waals surface area (Å²) in [7, 11) is -1.34. The summed E-state index contributed by atoms with van der Waals surface area (Å²) >= 11 is 0. The normalized spacial score (nSPS) is 22.3. The number of aromatic nitrogens is 4. The number of aliphatic hydroxyl groups is 2. The summed E-state index contributed by atoms with van der Waals surface area (Å²) in [6, 6.07) is 9.66. The second-order valence-electron chi connectivity index (χ2n) is 13.3. The van der Waals surface area contributed by atoms with Crippen molar-refractivity contribution in [3.8, 4) is 17.4 Å². The quantitative estimate of drug-likeness (QED) is 0.153. The number of nitrogen functional groups attached to an aromatic ring is 1. The molecule has 1 aliphatic rings. The summed E-state index contributed by atoms with van der Waals surface area (Å²) in [6.45, 7) is 10.7. The van der Waals surface area contributed by atoms with E-state index >= 15 is 0 Å². The molecule has 4 aromatic rings. The fourth-order valence-corrected chi connectivity index (χ4v) is 6.19. The molecule has 2 unspecified atom stereocenters. The smallest absolute Gasteiger partial charge is 0.395 e. The molecule has 5 rings (SSSR count). The van der Waals surface area contributed by atoms with Gasteiger partial charge in [0.2, 0.25) is 17.6 Å². The fraction of sp³-hybridized carbons (Fsp3) is 0.500. The average Bonchev–Trinajstić information content (AvgIpc) is 3.54. The predicted molar refractivity (Wildman–Crippen MR) is 175 cm³/mol. The Morgan fingerprint density at radius 1 is 1.23 bits per heavy atom. The van der Waals surface area contributed by atoms with Crippen LogP contribution in [0, 0.1) is 11.3 Å². The molecule has 1 aliphatic heterocycles. The fourth-order valence-electron chi connectivity index (χ4n) is 5.23. The Hall–Kier alpha value is -4.14. The molecule has 4 N–H and O–H groups in total. The second kappa shape index (κ2) is 13.8. The van der Waals surface area contributed by atoms with E-state index in [0.717, 1.165) is 5.39 Å². The summed E-state index contributed by atoms with van der Waals surface area (Å²) < 4.78 is 34.5. The largest absolute Gasteiger partial charge is 0.575 e. The van der Waals surface area contributed by atoms with Gasteiger partial charge in [-0.3, -0.25) is 9.09 Å². The Morgan fingerprint density at radius 3 is 2.65 bits per heavy atom. The number of carbonyl (C=O) groups is 1. The lowest BCUT2D eigenvalue weighted by molar-refractivity contribution is -0.170. The number of nitrogens with zero attached hydrogens (tertiary/aromatic N) is 5. The van der Waals surface area contributed by atoms with Crippen LogP contribution in [0.3, 0.4) is 0 Å². The minimum atomic E-state index is -2.76. The van der Waals surface area contributed by atoms with E-state index < -0.39 is 44.2 Å². The lowest BCUT2D eigenvalue weighted by atomic mass is 9.96. The molecule has 0 radical (unpaired) electrons. The average molecular weight is 685 g/mol. The number of rotatable bonds is 11. The number of fused-ring (bicyclic) bond motifs is 2. The number of nitrogens with two attached hydrogens (primary N) is 1. The van der Waals surface area contributed by atoms with Crippen molar-refractivity contribution < 1.29 is 43.4 Å². The molecular weight excluding hydrogens is 643 g/mol. The Balaban J connectivity index is 1.40. The van der Waals surface area contributed by atoms with Crippen LogP contribution < -0.4 is 24.6 Å². The van der Waals surface area contributed by atoms with Crippen molar-refractivity contribution in [2.75, 3.05) is 26.1 Å². The zero-order valence-corrected chi connectivity index (χ0v) is 28.7. The third-order valence-electron chi connectivity index (χ3n) is 7.76. The summed E-state index contributed by atoms with van der Waals surface area (Å²) in [5, 5.41) is 23.9. The minimum absolute atomic E-state index is 0.0745. The monoisotopic (exact) mass is 684 g/mol. The van der Waals surface area contributed by atoms with Gasteiger partial charge >= 0.3 is 14.1 Å². The Labute approximate surface area is 278 Å². The van der Waals surface area contributed by atoms with E-state index in [1.807, 2.05) is 32.9 Å². The van der Waals surface area contributed by atoms with Crippen LogP contribution in [-0.4, -0.2) is 79.9 Å². The molecule has 0 spiro atoms. The zero-order valence-electron chi connectivity index (χ0n) is 27.9. The summed E-state index contributed by atoms with van der Waals surface area (Å²) in [6.07, 6.45) is -2.21. The number of esters is 1. The molecule has 1 fully saturated rings. The van der Waals surface area contributed by atoms with Crippen LogP contribution in [0.5, 0.6) is 17.4 Å². The van der Waals surface area contributed by atoms with E-state index in [9.17, 15) is 19.9 Å². The maximum Gasteiger partial charge on any atom is 0.395 e. The van der Waals surface area contributed by atoms with Gasteiger partial charge in [-0.2, -0.15) is 9.97 Å². The van der Waals surface area contributed by atoms with Gasteiger partial charge < -0.3 is 39.8 Å². The van der Waals surface area contributed by atoms with Crippen LogP contribution in [0.4, 0.5) is 5.95 Å². The summed E-state index contributed by atoms with van der Waals surface area (Å²) in [4.78, 5) is 38.7. The number of ether oxygens (including phenoxy) is 4. The third kappa shape index (κ3) is 7.30. The zero-order chi connectivity index (χ0) is 35.0. The first-order chi connectivity index (χ1) is 22.6. The maximum atomic E-state index is 13.3. The van der Waals surface area contributed by atoms with Gasteiger partial charge in [-0.25, -0.2) is 9.78 Å². The number of imidazole rings is 1. The number of anilines is 1. The molecule has 3 heterocycles. The predicted octanol–water partition coefficient (Wildman–Crippen LogP) is 3.51. The lowest BCUT2D eigenvalue weighted by Gasteiger charge is -2.27. The SMILES string of the molecule is COc1nc(N)nc2c1ncn2C1O[C@H](COc2ccc3ccccc3c2O[P+]([O-])=N[C@H](C(=O)OCC(C)(C)C)C(C)C)[C@@H](O)[C@@]1(C)O. The first-order valence-corrected chi connectivity index (χ1v) is 16.5. The first-order valence-electron chi connectivity index (χ1n) is 15.4.